The number of aryl methyl sites for hydroxylation is 1. The number of aromatic nitrogens is 2. The summed E-state index contributed by atoms with van der Waals surface area (Å²) in [5.74, 6) is 0.166. The fraction of sp³-hybridized carbons (Fsp3) is 0.583. The van der Waals surface area contributed by atoms with Gasteiger partial charge in [-0.3, -0.25) is 9.69 Å². The molecule has 1 atom stereocenters. The molecule has 30 heavy (non-hydrogen) atoms. The van der Waals surface area contributed by atoms with E-state index in [0.29, 0.717) is 13.2 Å². The predicted molar refractivity (Wildman–Crippen MR) is 118 cm³/mol. The summed E-state index contributed by atoms with van der Waals surface area (Å²) in [5, 5.41) is 7.98. The molecule has 0 unspecified atom stereocenters. The van der Waals surface area contributed by atoms with Gasteiger partial charge in [0.2, 0.25) is 5.91 Å². The molecule has 2 aromatic rings. The third kappa shape index (κ3) is 3.91. The molecule has 6 heteroatoms. The van der Waals surface area contributed by atoms with Crippen molar-refractivity contribution < 1.29 is 9.53 Å². The average molecular weight is 411 g/mol. The van der Waals surface area contributed by atoms with E-state index in [1.807, 2.05) is 23.0 Å². The lowest BCUT2D eigenvalue weighted by Gasteiger charge is -2.47. The molecule has 0 bridgehead atoms. The van der Waals surface area contributed by atoms with Crippen LogP contribution in [0.5, 0.6) is 0 Å². The van der Waals surface area contributed by atoms with Crippen molar-refractivity contribution in [1.82, 2.24) is 20.0 Å². The number of hydrogen-bond acceptors (Lipinski definition) is 4. The number of nitrogens with one attached hydrogen (secondary N) is 1. The summed E-state index contributed by atoms with van der Waals surface area (Å²) in [6, 6.07) is 8.16. The van der Waals surface area contributed by atoms with E-state index in [0.717, 1.165) is 55.7 Å². The molecule has 1 saturated carbocycles. The van der Waals surface area contributed by atoms with E-state index in [1.54, 1.807) is 0 Å². The summed E-state index contributed by atoms with van der Waals surface area (Å²) in [6.07, 6.45) is 7.22. The lowest BCUT2D eigenvalue weighted by molar-refractivity contribution is -0.140. The van der Waals surface area contributed by atoms with Gasteiger partial charge in [0.25, 0.3) is 0 Å². The van der Waals surface area contributed by atoms with Crippen LogP contribution in [0.25, 0.3) is 5.69 Å². The molecule has 162 valence electrons. The van der Waals surface area contributed by atoms with Gasteiger partial charge in [-0.2, -0.15) is 5.10 Å². The van der Waals surface area contributed by atoms with Crippen LogP contribution in [0.4, 0.5) is 0 Å². The number of benzene rings is 1. The van der Waals surface area contributed by atoms with Gasteiger partial charge in [0.15, 0.2) is 0 Å². The van der Waals surface area contributed by atoms with Crippen molar-refractivity contribution in [3.05, 3.63) is 47.3 Å². The SMILES string of the molecule is Cc1ccccc1-n1ncc([C@@H](C)NC(=O)C2(N3CCOCC3)CCCCC2)c1C. The summed E-state index contributed by atoms with van der Waals surface area (Å²) in [6.45, 7) is 9.35. The van der Waals surface area contributed by atoms with Gasteiger partial charge in [0.05, 0.1) is 31.1 Å². The Kier molecular flexibility index (Phi) is 6.25. The van der Waals surface area contributed by atoms with E-state index in [-0.39, 0.29) is 11.9 Å². The second-order valence-electron chi connectivity index (χ2n) is 8.77. The van der Waals surface area contributed by atoms with Gasteiger partial charge >= 0.3 is 0 Å². The van der Waals surface area contributed by atoms with Crippen LogP contribution in [0.2, 0.25) is 0 Å². The Bertz CT molecular complexity index is 879. The highest BCUT2D eigenvalue weighted by atomic mass is 16.5. The van der Waals surface area contributed by atoms with Crippen molar-refractivity contribution in [2.24, 2.45) is 0 Å². The molecule has 2 heterocycles. The minimum Gasteiger partial charge on any atom is -0.379 e. The Balaban J connectivity index is 1.55. The number of nitrogens with zero attached hydrogens (tertiary/aromatic N) is 3. The zero-order valence-electron chi connectivity index (χ0n) is 18.5. The molecule has 6 nitrogen and oxygen atoms in total. The molecule has 1 aromatic heterocycles. The van der Waals surface area contributed by atoms with Gasteiger partial charge in [-0.15, -0.1) is 0 Å². The van der Waals surface area contributed by atoms with Crippen LogP contribution in [0.15, 0.2) is 30.5 Å². The number of morpholine rings is 1. The molecular formula is C24H34N4O2. The van der Waals surface area contributed by atoms with Crippen LogP contribution in [0, 0.1) is 13.8 Å². The van der Waals surface area contributed by atoms with Crippen molar-refractivity contribution in [2.45, 2.75) is 64.5 Å². The molecule has 2 aliphatic rings. The van der Waals surface area contributed by atoms with Gasteiger partial charge in [0.1, 0.15) is 5.54 Å². The highest BCUT2D eigenvalue weighted by Crippen LogP contribution is 2.35. The topological polar surface area (TPSA) is 59.4 Å². The standard InChI is InChI=1S/C24H34N4O2/c1-18-9-5-6-10-22(18)28-20(3)21(17-25-28)19(2)26-23(29)24(11-7-4-8-12-24)27-13-15-30-16-14-27/h5-6,9-10,17,19H,4,7-8,11-16H2,1-3H3,(H,26,29)/t19-/m1/s1. The molecule has 0 radical (unpaired) electrons. The maximum Gasteiger partial charge on any atom is 0.241 e. The molecule has 1 N–H and O–H groups in total. The van der Waals surface area contributed by atoms with Gasteiger partial charge in [-0.25, -0.2) is 4.68 Å². The Morgan fingerprint density at radius 2 is 1.83 bits per heavy atom. The minimum atomic E-state index is -0.393. The Morgan fingerprint density at radius 3 is 2.53 bits per heavy atom. The fourth-order valence-corrected chi connectivity index (χ4v) is 5.11. The Hall–Kier alpha value is -2.18. The van der Waals surface area contributed by atoms with Crippen molar-refractivity contribution in [2.75, 3.05) is 26.3 Å². The molecule has 1 aliphatic carbocycles. The van der Waals surface area contributed by atoms with Crippen molar-refractivity contribution >= 4 is 5.91 Å². The quantitative estimate of drug-likeness (QED) is 0.817. The summed E-state index contributed by atoms with van der Waals surface area (Å²) in [7, 11) is 0. The normalized spacial score (nSPS) is 20.6. The van der Waals surface area contributed by atoms with Crippen LogP contribution >= 0.6 is 0 Å². The average Bonchev–Trinajstić information content (AvgIpc) is 3.16. The number of rotatable bonds is 5. The van der Waals surface area contributed by atoms with E-state index in [1.165, 1.54) is 12.0 Å². The lowest BCUT2D eigenvalue weighted by atomic mass is 9.79. The number of carbonyl (C=O) groups is 1. The number of amides is 1. The predicted octanol–water partition coefficient (Wildman–Crippen LogP) is 3.70. The second kappa shape index (κ2) is 8.90. The van der Waals surface area contributed by atoms with E-state index in [9.17, 15) is 4.79 Å². The first-order valence-electron chi connectivity index (χ1n) is 11.3. The van der Waals surface area contributed by atoms with E-state index in [4.69, 9.17) is 4.74 Å². The van der Waals surface area contributed by atoms with Crippen LogP contribution in [0.1, 0.15) is 61.9 Å². The molecule has 2 fully saturated rings. The van der Waals surface area contributed by atoms with Gasteiger partial charge in [0, 0.05) is 24.3 Å². The first-order chi connectivity index (χ1) is 14.5. The number of para-hydroxylation sites is 1. The van der Waals surface area contributed by atoms with Crippen LogP contribution < -0.4 is 5.32 Å². The van der Waals surface area contributed by atoms with Crippen LogP contribution in [0.3, 0.4) is 0 Å². The third-order valence-corrected chi connectivity index (χ3v) is 6.93. The first-order valence-corrected chi connectivity index (χ1v) is 11.3. The zero-order chi connectivity index (χ0) is 21.1. The molecular weight excluding hydrogens is 376 g/mol. The maximum atomic E-state index is 13.6. The monoisotopic (exact) mass is 410 g/mol. The fourth-order valence-electron chi connectivity index (χ4n) is 5.11. The molecule has 1 aliphatic heterocycles. The Labute approximate surface area is 179 Å². The third-order valence-electron chi connectivity index (χ3n) is 6.93. The van der Waals surface area contributed by atoms with Gasteiger partial charge < -0.3 is 10.1 Å². The van der Waals surface area contributed by atoms with Crippen molar-refractivity contribution in [3.8, 4) is 5.69 Å². The molecule has 4 rings (SSSR count). The van der Waals surface area contributed by atoms with E-state index < -0.39 is 5.54 Å². The first kappa shape index (κ1) is 21.1. The summed E-state index contributed by atoms with van der Waals surface area (Å²) < 4.78 is 7.53. The molecule has 1 saturated heterocycles. The Morgan fingerprint density at radius 1 is 1.13 bits per heavy atom. The largest absolute Gasteiger partial charge is 0.379 e. The van der Waals surface area contributed by atoms with E-state index in [2.05, 4.69) is 48.2 Å². The molecule has 1 amide bonds. The van der Waals surface area contributed by atoms with Gasteiger partial charge in [-0.05, 0) is 45.2 Å². The summed E-state index contributed by atoms with van der Waals surface area (Å²) in [5.41, 5.74) is 4.01. The molecule has 0 spiro atoms. The molecule has 1 aromatic carbocycles. The van der Waals surface area contributed by atoms with E-state index >= 15 is 0 Å². The summed E-state index contributed by atoms with van der Waals surface area (Å²) >= 11 is 0. The van der Waals surface area contributed by atoms with Crippen molar-refractivity contribution in [1.29, 1.82) is 0 Å². The minimum absolute atomic E-state index is 0.0879. The number of carbonyl (C=O) groups excluding carboxylic acids is 1. The second-order valence-corrected chi connectivity index (χ2v) is 8.77. The zero-order valence-corrected chi connectivity index (χ0v) is 18.5. The number of ether oxygens (including phenoxy) is 1. The van der Waals surface area contributed by atoms with Gasteiger partial charge in [-0.1, -0.05) is 37.5 Å². The highest BCUT2D eigenvalue weighted by molar-refractivity contribution is 5.87. The van der Waals surface area contributed by atoms with Crippen LogP contribution in [-0.4, -0.2) is 52.4 Å². The smallest absolute Gasteiger partial charge is 0.241 e. The maximum absolute atomic E-state index is 13.6. The lowest BCUT2D eigenvalue weighted by Crippen LogP contribution is -2.62. The number of hydrogen-bond donors (Lipinski definition) is 1. The van der Waals surface area contributed by atoms with Crippen LogP contribution in [-0.2, 0) is 9.53 Å². The van der Waals surface area contributed by atoms with Crippen molar-refractivity contribution in [3.63, 3.8) is 0 Å². The highest BCUT2D eigenvalue weighted by Gasteiger charge is 2.45. The summed E-state index contributed by atoms with van der Waals surface area (Å²) in [4.78, 5) is 16.0.